The summed E-state index contributed by atoms with van der Waals surface area (Å²) in [4.78, 5) is 5.32. The van der Waals surface area contributed by atoms with Crippen LogP contribution in [0.3, 0.4) is 0 Å². The van der Waals surface area contributed by atoms with E-state index in [4.69, 9.17) is 0 Å². The molecule has 4 rings (SSSR count). The maximum absolute atomic E-state index is 13.4. The van der Waals surface area contributed by atoms with Gasteiger partial charge in [0, 0.05) is 11.3 Å². The van der Waals surface area contributed by atoms with Crippen LogP contribution in [0.4, 0.5) is 0 Å². The van der Waals surface area contributed by atoms with E-state index in [9.17, 15) is 4.21 Å². The Hall–Kier alpha value is -2.72. The molecule has 0 N–H and O–H groups in total. The third kappa shape index (κ3) is 3.26. The number of benzene rings is 3. The summed E-state index contributed by atoms with van der Waals surface area (Å²) in [6, 6.07) is 27.8. The molecule has 4 heteroatoms. The average Bonchev–Trinajstić information content (AvgIpc) is 3.11. The van der Waals surface area contributed by atoms with Crippen LogP contribution in [0.15, 0.2) is 96.2 Å². The molecule has 1 heterocycles. The van der Waals surface area contributed by atoms with Crippen LogP contribution in [0, 0.1) is 0 Å². The normalized spacial score (nSPS) is 13.6. The predicted octanol–water partition coefficient (Wildman–Crippen LogP) is 4.59. The van der Waals surface area contributed by atoms with Crippen LogP contribution in [-0.4, -0.2) is 13.8 Å². The van der Waals surface area contributed by atoms with Crippen LogP contribution in [0.5, 0.6) is 0 Å². The number of hydrogen-bond acceptors (Lipinski definition) is 2. The van der Waals surface area contributed by atoms with Crippen molar-refractivity contribution in [2.24, 2.45) is 0 Å². The number of para-hydroxylation sites is 2. The van der Waals surface area contributed by atoms with Crippen molar-refractivity contribution >= 4 is 21.8 Å². The molecule has 0 saturated heterocycles. The first-order chi connectivity index (χ1) is 12.3. The monoisotopic (exact) mass is 346 g/mol. The third-order valence-corrected chi connectivity index (χ3v) is 5.89. The van der Waals surface area contributed by atoms with Crippen LogP contribution in [0.1, 0.15) is 10.9 Å². The van der Waals surface area contributed by atoms with Gasteiger partial charge >= 0.3 is 0 Å². The zero-order chi connectivity index (χ0) is 17.1. The Morgan fingerprint density at radius 1 is 0.840 bits per heavy atom. The maximum atomic E-state index is 13.4. The van der Waals surface area contributed by atoms with E-state index in [0.717, 1.165) is 21.5 Å². The molecule has 4 aromatic rings. The van der Waals surface area contributed by atoms with Crippen molar-refractivity contribution < 1.29 is 4.21 Å². The SMILES string of the molecule is O=S(c1ccccc1)C(Cc1ccccc1)n1cnc2ccccc21. The lowest BCUT2D eigenvalue weighted by atomic mass is 10.1. The zero-order valence-electron chi connectivity index (χ0n) is 13.7. The summed E-state index contributed by atoms with van der Waals surface area (Å²) < 4.78 is 15.4. The van der Waals surface area contributed by atoms with Gasteiger partial charge in [0.15, 0.2) is 0 Å². The summed E-state index contributed by atoms with van der Waals surface area (Å²) in [5, 5.41) is -0.211. The van der Waals surface area contributed by atoms with E-state index in [0.29, 0.717) is 6.42 Å². The lowest BCUT2D eigenvalue weighted by molar-refractivity contribution is 0.623. The maximum Gasteiger partial charge on any atom is 0.119 e. The highest BCUT2D eigenvalue weighted by Gasteiger charge is 2.22. The molecule has 3 nitrogen and oxygen atoms in total. The number of aromatic nitrogens is 2. The molecule has 0 aliphatic heterocycles. The van der Waals surface area contributed by atoms with Crippen LogP contribution in [0.25, 0.3) is 11.0 Å². The summed E-state index contributed by atoms with van der Waals surface area (Å²) in [7, 11) is -1.18. The van der Waals surface area contributed by atoms with Crippen molar-refractivity contribution in [1.82, 2.24) is 9.55 Å². The minimum Gasteiger partial charge on any atom is -0.315 e. The fourth-order valence-corrected chi connectivity index (χ4v) is 4.47. The molecule has 0 fully saturated rings. The standard InChI is InChI=1S/C21H18N2OS/c24-25(18-11-5-2-6-12-18)21(15-17-9-3-1-4-10-17)23-16-22-19-13-7-8-14-20(19)23/h1-14,16,21H,15H2. The smallest absolute Gasteiger partial charge is 0.119 e. The van der Waals surface area contributed by atoms with Gasteiger partial charge < -0.3 is 4.57 Å². The van der Waals surface area contributed by atoms with Crippen molar-refractivity contribution in [3.8, 4) is 0 Å². The summed E-state index contributed by atoms with van der Waals surface area (Å²) in [6.45, 7) is 0. The van der Waals surface area contributed by atoms with Gasteiger partial charge in [0.25, 0.3) is 0 Å². The van der Waals surface area contributed by atoms with E-state index in [1.165, 1.54) is 0 Å². The largest absolute Gasteiger partial charge is 0.315 e. The van der Waals surface area contributed by atoms with Crippen molar-refractivity contribution in [2.45, 2.75) is 16.7 Å². The van der Waals surface area contributed by atoms with Crippen molar-refractivity contribution in [3.63, 3.8) is 0 Å². The van der Waals surface area contributed by atoms with Gasteiger partial charge in [-0.15, -0.1) is 0 Å². The molecular weight excluding hydrogens is 328 g/mol. The van der Waals surface area contributed by atoms with Gasteiger partial charge in [-0.05, 0) is 29.8 Å². The minimum absolute atomic E-state index is 0.211. The average molecular weight is 346 g/mol. The molecule has 124 valence electrons. The highest BCUT2D eigenvalue weighted by atomic mass is 32.2. The summed E-state index contributed by atoms with van der Waals surface area (Å²) >= 11 is 0. The lowest BCUT2D eigenvalue weighted by Crippen LogP contribution is -2.17. The Bertz CT molecular complexity index is 996. The lowest BCUT2D eigenvalue weighted by Gasteiger charge is -2.19. The fourth-order valence-electron chi connectivity index (χ4n) is 3.01. The van der Waals surface area contributed by atoms with Crippen molar-refractivity contribution in [2.75, 3.05) is 0 Å². The second-order valence-corrected chi connectivity index (χ2v) is 7.51. The van der Waals surface area contributed by atoms with Crippen LogP contribution in [0.2, 0.25) is 0 Å². The molecule has 2 atom stereocenters. The fraction of sp³-hybridized carbons (Fsp3) is 0.0952. The Morgan fingerprint density at radius 2 is 1.48 bits per heavy atom. The first-order valence-corrected chi connectivity index (χ1v) is 9.45. The molecule has 2 unspecified atom stereocenters. The topological polar surface area (TPSA) is 34.9 Å². The van der Waals surface area contributed by atoms with Crippen LogP contribution < -0.4 is 0 Å². The highest BCUT2D eigenvalue weighted by molar-refractivity contribution is 7.85. The van der Waals surface area contributed by atoms with Crippen LogP contribution >= 0.6 is 0 Å². The van der Waals surface area contributed by atoms with E-state index >= 15 is 0 Å². The van der Waals surface area contributed by atoms with Gasteiger partial charge in [0.05, 0.1) is 28.2 Å². The Kier molecular flexibility index (Phi) is 4.44. The zero-order valence-corrected chi connectivity index (χ0v) is 14.5. The van der Waals surface area contributed by atoms with Crippen molar-refractivity contribution in [3.05, 3.63) is 96.8 Å². The quantitative estimate of drug-likeness (QED) is 0.530. The van der Waals surface area contributed by atoms with Crippen LogP contribution in [-0.2, 0) is 17.2 Å². The number of nitrogens with zero attached hydrogens (tertiary/aromatic N) is 2. The van der Waals surface area contributed by atoms with E-state index in [2.05, 4.69) is 17.1 Å². The van der Waals surface area contributed by atoms with Gasteiger partial charge in [-0.2, -0.15) is 0 Å². The third-order valence-electron chi connectivity index (χ3n) is 4.27. The first-order valence-electron chi connectivity index (χ1n) is 8.24. The molecule has 0 aliphatic carbocycles. The van der Waals surface area contributed by atoms with Gasteiger partial charge in [0.2, 0.25) is 0 Å². The predicted molar refractivity (Wildman–Crippen MR) is 102 cm³/mol. The Labute approximate surface area is 149 Å². The summed E-state index contributed by atoms with van der Waals surface area (Å²) in [5.74, 6) is 0. The second-order valence-electron chi connectivity index (χ2n) is 5.90. The number of fused-ring (bicyclic) bond motifs is 1. The number of imidazole rings is 1. The summed E-state index contributed by atoms with van der Waals surface area (Å²) in [5.41, 5.74) is 3.09. The molecule has 0 bridgehead atoms. The summed E-state index contributed by atoms with van der Waals surface area (Å²) in [6.07, 6.45) is 2.49. The Morgan fingerprint density at radius 3 is 2.24 bits per heavy atom. The second kappa shape index (κ2) is 7.03. The molecule has 1 aromatic heterocycles. The van der Waals surface area contributed by atoms with Gasteiger partial charge in [0.1, 0.15) is 5.37 Å². The number of hydrogen-bond donors (Lipinski definition) is 0. The molecule has 0 amide bonds. The molecule has 0 radical (unpaired) electrons. The molecular formula is C21H18N2OS. The first kappa shape index (κ1) is 15.8. The molecule has 0 saturated carbocycles. The van der Waals surface area contributed by atoms with Gasteiger partial charge in [-0.1, -0.05) is 60.7 Å². The molecule has 0 spiro atoms. The van der Waals surface area contributed by atoms with E-state index < -0.39 is 10.8 Å². The molecule has 0 aliphatic rings. The minimum atomic E-state index is -1.18. The van der Waals surface area contributed by atoms with Gasteiger partial charge in [-0.3, -0.25) is 4.21 Å². The molecule has 3 aromatic carbocycles. The Balaban J connectivity index is 1.79. The van der Waals surface area contributed by atoms with Crippen molar-refractivity contribution in [1.29, 1.82) is 0 Å². The van der Waals surface area contributed by atoms with E-state index in [1.807, 2.05) is 77.4 Å². The number of rotatable bonds is 5. The van der Waals surface area contributed by atoms with E-state index in [1.54, 1.807) is 6.33 Å². The van der Waals surface area contributed by atoms with E-state index in [-0.39, 0.29) is 5.37 Å². The molecule has 25 heavy (non-hydrogen) atoms. The van der Waals surface area contributed by atoms with Gasteiger partial charge in [-0.25, -0.2) is 4.98 Å². The highest BCUT2D eigenvalue weighted by Crippen LogP contribution is 2.27.